The average Bonchev–Trinajstić information content (AvgIpc) is 2.61. The van der Waals surface area contributed by atoms with E-state index in [1.165, 1.54) is 0 Å². The van der Waals surface area contributed by atoms with Crippen LogP contribution in [0, 0.1) is 0 Å². The van der Waals surface area contributed by atoms with E-state index in [4.69, 9.17) is 17.0 Å². The molecule has 1 saturated heterocycles. The largest absolute Gasteiger partial charge is 0.479 e. The summed E-state index contributed by atoms with van der Waals surface area (Å²) in [4.78, 5) is 23.5. The normalized spacial score (nSPS) is 15.0. The SMILES string of the molecule is CCOC(=S)SCC(=O)N1CCOC1=O. The third-order valence-electron chi connectivity index (χ3n) is 1.64. The number of hydrogen-bond donors (Lipinski definition) is 0. The number of nitrogens with zero attached hydrogens (tertiary/aromatic N) is 1. The second-order valence-electron chi connectivity index (χ2n) is 2.63. The zero-order chi connectivity index (χ0) is 11.3. The van der Waals surface area contributed by atoms with Gasteiger partial charge in [0.2, 0.25) is 10.3 Å². The predicted octanol–water partition coefficient (Wildman–Crippen LogP) is 1.02. The van der Waals surface area contributed by atoms with E-state index in [2.05, 4.69) is 4.74 Å². The number of ether oxygens (including phenoxy) is 2. The molecular formula is C8H11NO4S2. The van der Waals surface area contributed by atoms with Crippen molar-refractivity contribution in [3.63, 3.8) is 0 Å². The lowest BCUT2D eigenvalue weighted by Gasteiger charge is -2.10. The number of carbonyl (C=O) groups excluding carboxylic acids is 2. The lowest BCUT2D eigenvalue weighted by molar-refractivity contribution is -0.124. The van der Waals surface area contributed by atoms with Gasteiger partial charge in [0.1, 0.15) is 6.61 Å². The summed E-state index contributed by atoms with van der Waals surface area (Å²) < 4.78 is 9.94. The fourth-order valence-corrected chi connectivity index (χ4v) is 1.87. The van der Waals surface area contributed by atoms with Crippen LogP contribution in [0.4, 0.5) is 4.79 Å². The van der Waals surface area contributed by atoms with Crippen LogP contribution in [0.3, 0.4) is 0 Å². The van der Waals surface area contributed by atoms with E-state index >= 15 is 0 Å². The van der Waals surface area contributed by atoms with Crippen molar-refractivity contribution in [2.45, 2.75) is 6.92 Å². The molecule has 1 aliphatic heterocycles. The van der Waals surface area contributed by atoms with Gasteiger partial charge >= 0.3 is 6.09 Å². The molecule has 0 aromatic heterocycles. The summed E-state index contributed by atoms with van der Waals surface area (Å²) in [5, 5.41) is 0. The summed E-state index contributed by atoms with van der Waals surface area (Å²) in [5.41, 5.74) is 0. The van der Waals surface area contributed by atoms with E-state index in [1.54, 1.807) is 0 Å². The Labute approximate surface area is 97.1 Å². The number of hydrogen-bond acceptors (Lipinski definition) is 6. The minimum absolute atomic E-state index is 0.105. The van der Waals surface area contributed by atoms with Crippen molar-refractivity contribution in [2.75, 3.05) is 25.5 Å². The molecule has 84 valence electrons. The molecule has 0 aromatic carbocycles. The summed E-state index contributed by atoms with van der Waals surface area (Å²) >= 11 is 5.94. The van der Waals surface area contributed by atoms with Crippen LogP contribution >= 0.6 is 24.0 Å². The van der Waals surface area contributed by atoms with Crippen molar-refractivity contribution in [3.05, 3.63) is 0 Å². The van der Waals surface area contributed by atoms with E-state index in [0.29, 0.717) is 17.5 Å². The molecule has 1 aliphatic rings. The molecule has 0 spiro atoms. The molecule has 0 radical (unpaired) electrons. The predicted molar refractivity (Wildman–Crippen MR) is 59.7 cm³/mol. The molecule has 0 N–H and O–H groups in total. The van der Waals surface area contributed by atoms with Crippen LogP contribution < -0.4 is 0 Å². The zero-order valence-electron chi connectivity index (χ0n) is 8.23. The summed E-state index contributed by atoms with van der Waals surface area (Å²) in [7, 11) is 0. The average molecular weight is 249 g/mol. The van der Waals surface area contributed by atoms with Crippen molar-refractivity contribution in [3.8, 4) is 0 Å². The van der Waals surface area contributed by atoms with Crippen molar-refractivity contribution in [1.82, 2.24) is 4.90 Å². The van der Waals surface area contributed by atoms with Gasteiger partial charge < -0.3 is 9.47 Å². The Balaban J connectivity index is 2.29. The van der Waals surface area contributed by atoms with Gasteiger partial charge in [-0.15, -0.1) is 0 Å². The molecule has 0 aromatic rings. The first kappa shape index (κ1) is 12.3. The Morgan fingerprint density at radius 1 is 1.73 bits per heavy atom. The Bertz CT molecular complexity index is 282. The molecule has 0 atom stereocenters. The second-order valence-corrected chi connectivity index (χ2v) is 4.21. The van der Waals surface area contributed by atoms with Crippen LogP contribution in [-0.4, -0.2) is 46.8 Å². The van der Waals surface area contributed by atoms with Gasteiger partial charge in [-0.25, -0.2) is 9.69 Å². The molecule has 7 heteroatoms. The highest BCUT2D eigenvalue weighted by Gasteiger charge is 2.28. The van der Waals surface area contributed by atoms with Crippen molar-refractivity contribution in [2.24, 2.45) is 0 Å². The van der Waals surface area contributed by atoms with E-state index < -0.39 is 6.09 Å². The first-order valence-corrected chi connectivity index (χ1v) is 5.81. The number of cyclic esters (lactones) is 1. The smallest absolute Gasteiger partial charge is 0.416 e. The van der Waals surface area contributed by atoms with Gasteiger partial charge in [0.05, 0.1) is 18.9 Å². The van der Waals surface area contributed by atoms with Crippen LogP contribution in [0.2, 0.25) is 0 Å². The summed E-state index contributed by atoms with van der Waals surface area (Å²) in [6.07, 6.45) is -0.581. The third kappa shape index (κ3) is 3.67. The van der Waals surface area contributed by atoms with Crippen LogP contribution in [0.25, 0.3) is 0 Å². The van der Waals surface area contributed by atoms with E-state index in [0.717, 1.165) is 16.7 Å². The molecule has 0 saturated carbocycles. The Morgan fingerprint density at radius 3 is 3.00 bits per heavy atom. The molecule has 0 unspecified atom stereocenters. The second kappa shape index (κ2) is 5.92. The van der Waals surface area contributed by atoms with Crippen LogP contribution in [0.15, 0.2) is 0 Å². The first-order chi connectivity index (χ1) is 7.15. The maximum absolute atomic E-state index is 11.5. The minimum Gasteiger partial charge on any atom is -0.479 e. The van der Waals surface area contributed by atoms with Crippen molar-refractivity contribution < 1.29 is 19.1 Å². The Kier molecular flexibility index (Phi) is 4.83. The van der Waals surface area contributed by atoms with Gasteiger partial charge in [0.25, 0.3) is 0 Å². The molecule has 2 amide bonds. The molecule has 1 heterocycles. The Morgan fingerprint density at radius 2 is 2.47 bits per heavy atom. The molecule has 0 aliphatic carbocycles. The minimum atomic E-state index is -0.581. The number of rotatable bonds is 3. The highest BCUT2D eigenvalue weighted by Crippen LogP contribution is 2.10. The maximum atomic E-state index is 11.5. The topological polar surface area (TPSA) is 55.8 Å². The highest BCUT2D eigenvalue weighted by atomic mass is 32.2. The monoisotopic (exact) mass is 249 g/mol. The van der Waals surface area contributed by atoms with Crippen LogP contribution in [0.5, 0.6) is 0 Å². The van der Waals surface area contributed by atoms with Crippen LogP contribution in [-0.2, 0) is 14.3 Å². The van der Waals surface area contributed by atoms with E-state index in [9.17, 15) is 9.59 Å². The van der Waals surface area contributed by atoms with Gasteiger partial charge in [-0.05, 0) is 19.1 Å². The van der Waals surface area contributed by atoms with Crippen molar-refractivity contribution in [1.29, 1.82) is 0 Å². The number of amides is 2. The quantitative estimate of drug-likeness (QED) is 0.696. The van der Waals surface area contributed by atoms with Gasteiger partial charge in [0.15, 0.2) is 0 Å². The van der Waals surface area contributed by atoms with Gasteiger partial charge in [-0.1, -0.05) is 11.8 Å². The van der Waals surface area contributed by atoms with Gasteiger partial charge in [-0.2, -0.15) is 0 Å². The lowest BCUT2D eigenvalue weighted by Crippen LogP contribution is -2.33. The van der Waals surface area contributed by atoms with Gasteiger partial charge in [-0.3, -0.25) is 4.79 Å². The fourth-order valence-electron chi connectivity index (χ4n) is 0.978. The van der Waals surface area contributed by atoms with Crippen LogP contribution in [0.1, 0.15) is 6.92 Å². The van der Waals surface area contributed by atoms with E-state index in [1.807, 2.05) is 6.92 Å². The van der Waals surface area contributed by atoms with Gasteiger partial charge in [0, 0.05) is 0 Å². The molecule has 15 heavy (non-hydrogen) atoms. The zero-order valence-corrected chi connectivity index (χ0v) is 9.86. The standard InChI is InChI=1S/C8H11NO4S2/c1-2-12-8(14)15-5-6(10)9-3-4-13-7(9)11/h2-5H2,1H3. The summed E-state index contributed by atoms with van der Waals surface area (Å²) in [5.74, 6) is -0.196. The summed E-state index contributed by atoms with van der Waals surface area (Å²) in [6, 6.07) is 0. The lowest BCUT2D eigenvalue weighted by atomic mass is 10.5. The Hall–Kier alpha value is -0.820. The van der Waals surface area contributed by atoms with E-state index in [-0.39, 0.29) is 18.3 Å². The summed E-state index contributed by atoms with van der Waals surface area (Å²) in [6.45, 7) is 2.88. The molecule has 1 fully saturated rings. The number of thiocarbonyl (C=S) groups is 1. The third-order valence-corrected chi connectivity index (χ3v) is 2.85. The van der Waals surface area contributed by atoms with Crippen molar-refractivity contribution >= 4 is 40.4 Å². The molecule has 5 nitrogen and oxygen atoms in total. The first-order valence-electron chi connectivity index (χ1n) is 4.41. The number of carbonyl (C=O) groups is 2. The molecular weight excluding hydrogens is 238 g/mol. The maximum Gasteiger partial charge on any atom is 0.416 e. The highest BCUT2D eigenvalue weighted by molar-refractivity contribution is 8.23. The number of thioether (sulfide) groups is 1. The fraction of sp³-hybridized carbons (Fsp3) is 0.625. The number of imide groups is 1. The molecule has 1 rings (SSSR count). The molecule has 0 bridgehead atoms.